The molecule has 0 heterocycles. The van der Waals surface area contributed by atoms with Crippen LogP contribution in [0.1, 0.15) is 23.6 Å². The molecule has 2 aromatic carbocycles. The van der Waals surface area contributed by atoms with Gasteiger partial charge in [0.2, 0.25) is 0 Å². The van der Waals surface area contributed by atoms with Crippen LogP contribution in [-0.2, 0) is 12.8 Å². The van der Waals surface area contributed by atoms with E-state index in [1.807, 2.05) is 12.1 Å². The normalized spacial score (nSPS) is 12.3. The SMILES string of the molecule is [B]c1cccc2c1Cc1c(CC)cccc1-2. The van der Waals surface area contributed by atoms with Gasteiger partial charge in [-0.3, -0.25) is 0 Å². The maximum absolute atomic E-state index is 6.04. The van der Waals surface area contributed by atoms with Crippen LogP contribution in [0.5, 0.6) is 0 Å². The van der Waals surface area contributed by atoms with Gasteiger partial charge in [0.15, 0.2) is 0 Å². The highest BCUT2D eigenvalue weighted by Crippen LogP contribution is 2.37. The van der Waals surface area contributed by atoms with Gasteiger partial charge >= 0.3 is 0 Å². The molecule has 0 fully saturated rings. The third kappa shape index (κ3) is 1.24. The van der Waals surface area contributed by atoms with Crippen molar-refractivity contribution in [3.05, 3.63) is 53.1 Å². The number of hydrogen-bond acceptors (Lipinski definition) is 0. The third-order valence-corrected chi connectivity index (χ3v) is 3.51. The first-order valence-electron chi connectivity index (χ1n) is 5.79. The van der Waals surface area contributed by atoms with Crippen molar-refractivity contribution in [2.45, 2.75) is 19.8 Å². The second-order valence-electron chi connectivity index (χ2n) is 4.35. The zero-order chi connectivity index (χ0) is 11.1. The number of rotatable bonds is 1. The van der Waals surface area contributed by atoms with Gasteiger partial charge < -0.3 is 0 Å². The van der Waals surface area contributed by atoms with Crippen LogP contribution < -0.4 is 5.46 Å². The number of hydrogen-bond donors (Lipinski definition) is 0. The van der Waals surface area contributed by atoms with Crippen LogP contribution in [-0.4, -0.2) is 7.85 Å². The van der Waals surface area contributed by atoms with Gasteiger partial charge in [-0.25, -0.2) is 0 Å². The summed E-state index contributed by atoms with van der Waals surface area (Å²) in [6, 6.07) is 12.8. The second kappa shape index (κ2) is 3.52. The number of aryl methyl sites for hydroxylation is 1. The van der Waals surface area contributed by atoms with Gasteiger partial charge in [0.25, 0.3) is 0 Å². The largest absolute Gasteiger partial charge is 0.114 e. The lowest BCUT2D eigenvalue weighted by Gasteiger charge is -2.05. The molecule has 1 aliphatic carbocycles. The van der Waals surface area contributed by atoms with Gasteiger partial charge in [0.05, 0.1) is 0 Å². The fourth-order valence-electron chi connectivity index (χ4n) is 2.66. The van der Waals surface area contributed by atoms with Crippen molar-refractivity contribution in [1.82, 2.24) is 0 Å². The molecule has 0 N–H and O–H groups in total. The summed E-state index contributed by atoms with van der Waals surface area (Å²) in [5, 5.41) is 0. The van der Waals surface area contributed by atoms with Gasteiger partial charge in [-0.05, 0) is 40.7 Å². The average molecular weight is 204 g/mol. The Balaban J connectivity index is 2.27. The molecule has 3 rings (SSSR count). The molecule has 1 aliphatic rings. The predicted octanol–water partition coefficient (Wildman–Crippen LogP) is 2.61. The quantitative estimate of drug-likeness (QED) is 0.534. The molecule has 1 heteroatoms. The number of benzene rings is 2. The zero-order valence-corrected chi connectivity index (χ0v) is 9.46. The highest BCUT2D eigenvalue weighted by molar-refractivity contribution is 6.34. The molecule has 0 bridgehead atoms. The van der Waals surface area contributed by atoms with Crippen LogP contribution in [0, 0.1) is 0 Å². The van der Waals surface area contributed by atoms with E-state index >= 15 is 0 Å². The van der Waals surface area contributed by atoms with Gasteiger partial charge in [0.1, 0.15) is 7.85 Å². The first kappa shape index (κ1) is 9.71. The molecule has 0 aliphatic heterocycles. The molecule has 0 nitrogen and oxygen atoms in total. The molecule has 0 aromatic heterocycles. The van der Waals surface area contributed by atoms with E-state index in [4.69, 9.17) is 7.85 Å². The summed E-state index contributed by atoms with van der Waals surface area (Å²) in [5.41, 5.74) is 7.85. The van der Waals surface area contributed by atoms with Gasteiger partial charge in [-0.2, -0.15) is 0 Å². The second-order valence-corrected chi connectivity index (χ2v) is 4.35. The Kier molecular flexibility index (Phi) is 2.13. The summed E-state index contributed by atoms with van der Waals surface area (Å²) in [6.07, 6.45) is 2.10. The summed E-state index contributed by atoms with van der Waals surface area (Å²) in [5.74, 6) is 0. The third-order valence-electron chi connectivity index (χ3n) is 3.51. The van der Waals surface area contributed by atoms with Crippen LogP contribution in [0.15, 0.2) is 36.4 Å². The molecule has 2 radical (unpaired) electrons. The molecule has 16 heavy (non-hydrogen) atoms. The fraction of sp³-hybridized carbons (Fsp3) is 0.200. The lowest BCUT2D eigenvalue weighted by atomic mass is 9.88. The Morgan fingerprint density at radius 3 is 2.44 bits per heavy atom. The van der Waals surface area contributed by atoms with E-state index in [1.165, 1.54) is 27.8 Å². The highest BCUT2D eigenvalue weighted by atomic mass is 14.2. The van der Waals surface area contributed by atoms with Crippen molar-refractivity contribution in [3.8, 4) is 11.1 Å². The molecule has 0 saturated carbocycles. The standard InChI is InChI=1S/C15H13B/c1-2-10-5-3-6-11-12-7-4-8-15(16)14(12)9-13(10)11/h3-8H,2,9H2,1H3. The Morgan fingerprint density at radius 1 is 1.00 bits per heavy atom. The monoisotopic (exact) mass is 204 g/mol. The first-order chi connectivity index (χ1) is 7.81. The van der Waals surface area contributed by atoms with Crippen molar-refractivity contribution in [3.63, 3.8) is 0 Å². The van der Waals surface area contributed by atoms with Crippen molar-refractivity contribution in [2.24, 2.45) is 0 Å². The molecule has 0 saturated heterocycles. The van der Waals surface area contributed by atoms with E-state index in [0.717, 1.165) is 18.3 Å². The molecule has 0 amide bonds. The first-order valence-corrected chi connectivity index (χ1v) is 5.79. The Hall–Kier alpha value is -1.50. The summed E-state index contributed by atoms with van der Waals surface area (Å²) in [7, 11) is 6.04. The van der Waals surface area contributed by atoms with Gasteiger partial charge in [-0.15, -0.1) is 0 Å². The van der Waals surface area contributed by atoms with E-state index in [0.29, 0.717) is 0 Å². The lowest BCUT2D eigenvalue weighted by molar-refractivity contribution is 1.09. The minimum Gasteiger partial charge on any atom is -0.0926 e. The van der Waals surface area contributed by atoms with Crippen molar-refractivity contribution in [1.29, 1.82) is 0 Å². The molecule has 0 unspecified atom stereocenters. The molecular formula is C15H13B. The van der Waals surface area contributed by atoms with Crippen molar-refractivity contribution < 1.29 is 0 Å². The fourth-order valence-corrected chi connectivity index (χ4v) is 2.66. The summed E-state index contributed by atoms with van der Waals surface area (Å²) in [6.45, 7) is 2.21. The molecule has 0 atom stereocenters. The minimum absolute atomic E-state index is 0.927. The van der Waals surface area contributed by atoms with Crippen LogP contribution in [0.25, 0.3) is 11.1 Å². The predicted molar refractivity (Wildman–Crippen MR) is 69.5 cm³/mol. The molecule has 76 valence electrons. The van der Waals surface area contributed by atoms with Crippen LogP contribution in [0.3, 0.4) is 0 Å². The summed E-state index contributed by atoms with van der Waals surface area (Å²) >= 11 is 0. The molecule has 2 aromatic rings. The van der Waals surface area contributed by atoms with Gasteiger partial charge in [-0.1, -0.05) is 48.8 Å². The minimum atomic E-state index is 0.927. The summed E-state index contributed by atoms with van der Waals surface area (Å²) in [4.78, 5) is 0. The van der Waals surface area contributed by atoms with E-state index in [1.54, 1.807) is 0 Å². The van der Waals surface area contributed by atoms with Crippen LogP contribution in [0.4, 0.5) is 0 Å². The highest BCUT2D eigenvalue weighted by Gasteiger charge is 2.20. The average Bonchev–Trinajstić information content (AvgIpc) is 2.69. The topological polar surface area (TPSA) is 0 Å². The van der Waals surface area contributed by atoms with Crippen LogP contribution >= 0.6 is 0 Å². The molecule has 0 spiro atoms. The molecular weight excluding hydrogens is 191 g/mol. The smallest absolute Gasteiger partial charge is 0.0926 e. The van der Waals surface area contributed by atoms with Crippen molar-refractivity contribution in [2.75, 3.05) is 0 Å². The Bertz CT molecular complexity index is 555. The Labute approximate surface area is 97.7 Å². The number of fused-ring (bicyclic) bond motifs is 3. The van der Waals surface area contributed by atoms with Crippen molar-refractivity contribution >= 4 is 13.3 Å². The maximum atomic E-state index is 6.04. The van der Waals surface area contributed by atoms with Crippen LogP contribution in [0.2, 0.25) is 0 Å². The maximum Gasteiger partial charge on any atom is 0.114 e. The van der Waals surface area contributed by atoms with Gasteiger partial charge in [0, 0.05) is 0 Å². The van der Waals surface area contributed by atoms with E-state index in [-0.39, 0.29) is 0 Å². The Morgan fingerprint density at radius 2 is 1.69 bits per heavy atom. The van der Waals surface area contributed by atoms with E-state index in [9.17, 15) is 0 Å². The van der Waals surface area contributed by atoms with E-state index < -0.39 is 0 Å². The van der Waals surface area contributed by atoms with E-state index in [2.05, 4.69) is 31.2 Å². The zero-order valence-electron chi connectivity index (χ0n) is 9.46. The lowest BCUT2D eigenvalue weighted by Crippen LogP contribution is -2.08. The summed E-state index contributed by atoms with van der Waals surface area (Å²) < 4.78 is 0.